The Hall–Kier alpha value is -1.62. The molecule has 0 aliphatic carbocycles. The summed E-state index contributed by atoms with van der Waals surface area (Å²) in [5.74, 6) is 0.379. The number of Topliss-reactive ketones (excluding diaryl/α,β-unsaturated/α-hetero) is 1. The molecule has 0 atom stereocenters. The van der Waals surface area contributed by atoms with Gasteiger partial charge in [-0.3, -0.25) is 14.9 Å². The summed E-state index contributed by atoms with van der Waals surface area (Å²) in [5.41, 5.74) is 0.104. The number of methoxy groups -OCH3 is 1. The number of nitro benzene ring substituents is 1. The average Bonchev–Trinajstić information content (AvgIpc) is 2.34. The molecule has 0 unspecified atom stereocenters. The quantitative estimate of drug-likeness (QED) is 0.340. The molecule has 6 heteroatoms. The van der Waals surface area contributed by atoms with Crippen LogP contribution in [0.5, 0.6) is 5.75 Å². The number of rotatable bonds is 6. The van der Waals surface area contributed by atoms with Crippen molar-refractivity contribution in [3.8, 4) is 5.75 Å². The maximum absolute atomic E-state index is 11.7. The largest absolute Gasteiger partial charge is 0.490 e. The standard InChI is InChI=1S/C11H12ClNO4/c1-17-11-5-4-8(7-9(11)13(15)16)10(14)3-2-6-12/h4-5,7H,2-3,6H2,1H3. The smallest absolute Gasteiger partial charge is 0.311 e. The molecule has 0 heterocycles. The topological polar surface area (TPSA) is 69.4 Å². The van der Waals surface area contributed by atoms with Crippen LogP contribution >= 0.6 is 11.6 Å². The SMILES string of the molecule is COc1ccc(C(=O)CCCCl)cc1[N+](=O)[O-]. The summed E-state index contributed by atoms with van der Waals surface area (Å²) in [5, 5.41) is 10.8. The van der Waals surface area contributed by atoms with Crippen LogP contribution < -0.4 is 4.74 Å². The highest BCUT2D eigenvalue weighted by Crippen LogP contribution is 2.28. The van der Waals surface area contributed by atoms with Crippen LogP contribution in [-0.4, -0.2) is 23.7 Å². The summed E-state index contributed by atoms with van der Waals surface area (Å²) in [6.45, 7) is 0. The first-order valence-electron chi connectivity index (χ1n) is 5.01. The highest BCUT2D eigenvalue weighted by molar-refractivity contribution is 6.18. The van der Waals surface area contributed by atoms with Gasteiger partial charge in [0.1, 0.15) is 0 Å². The molecule has 1 aromatic rings. The Kier molecular flexibility index (Phi) is 4.90. The van der Waals surface area contributed by atoms with Gasteiger partial charge in [0.2, 0.25) is 0 Å². The van der Waals surface area contributed by atoms with Crippen molar-refractivity contribution in [2.24, 2.45) is 0 Å². The number of carbonyl (C=O) groups excluding carboxylic acids is 1. The van der Waals surface area contributed by atoms with Gasteiger partial charge in [-0.05, 0) is 18.6 Å². The molecule has 0 bridgehead atoms. The predicted octanol–water partition coefficient (Wildman–Crippen LogP) is 2.81. The molecule has 0 spiro atoms. The fraction of sp³-hybridized carbons (Fsp3) is 0.364. The summed E-state index contributed by atoms with van der Waals surface area (Å²) in [6.07, 6.45) is 0.840. The Bertz CT molecular complexity index is 433. The average molecular weight is 258 g/mol. The maximum atomic E-state index is 11.7. The third kappa shape index (κ3) is 3.42. The van der Waals surface area contributed by atoms with Gasteiger partial charge >= 0.3 is 5.69 Å². The van der Waals surface area contributed by atoms with Crippen LogP contribution in [0.15, 0.2) is 18.2 Å². The van der Waals surface area contributed by atoms with Crippen molar-refractivity contribution in [2.75, 3.05) is 13.0 Å². The summed E-state index contributed by atoms with van der Waals surface area (Å²) >= 11 is 5.48. The molecule has 0 amide bonds. The van der Waals surface area contributed by atoms with E-state index in [4.69, 9.17) is 16.3 Å². The molecule has 0 aliphatic heterocycles. The maximum Gasteiger partial charge on any atom is 0.311 e. The number of hydrogen-bond acceptors (Lipinski definition) is 4. The van der Waals surface area contributed by atoms with Crippen molar-refractivity contribution in [3.63, 3.8) is 0 Å². The molecule has 0 saturated carbocycles. The van der Waals surface area contributed by atoms with Crippen molar-refractivity contribution >= 4 is 23.1 Å². The molecule has 0 fully saturated rings. The highest BCUT2D eigenvalue weighted by Gasteiger charge is 2.17. The van der Waals surface area contributed by atoms with E-state index < -0.39 is 4.92 Å². The molecule has 92 valence electrons. The van der Waals surface area contributed by atoms with Crippen molar-refractivity contribution in [1.82, 2.24) is 0 Å². The van der Waals surface area contributed by atoms with Crippen LogP contribution in [0, 0.1) is 10.1 Å². The van der Waals surface area contributed by atoms with Gasteiger partial charge in [0.25, 0.3) is 0 Å². The first-order chi connectivity index (χ1) is 8.10. The first-order valence-corrected chi connectivity index (χ1v) is 5.55. The number of ether oxygens (including phenoxy) is 1. The lowest BCUT2D eigenvalue weighted by atomic mass is 10.1. The Morgan fingerprint density at radius 1 is 1.53 bits per heavy atom. The van der Waals surface area contributed by atoms with E-state index in [1.54, 1.807) is 0 Å². The number of hydrogen-bond donors (Lipinski definition) is 0. The number of nitro groups is 1. The minimum absolute atomic E-state index is 0.142. The second kappa shape index (κ2) is 6.20. The van der Waals surface area contributed by atoms with Crippen molar-refractivity contribution in [1.29, 1.82) is 0 Å². The van der Waals surface area contributed by atoms with E-state index in [-0.39, 0.29) is 23.6 Å². The second-order valence-electron chi connectivity index (χ2n) is 3.36. The lowest BCUT2D eigenvalue weighted by Gasteiger charge is -2.04. The van der Waals surface area contributed by atoms with E-state index in [1.807, 2.05) is 0 Å². The summed E-state index contributed by atoms with van der Waals surface area (Å²) in [7, 11) is 1.34. The van der Waals surface area contributed by atoms with E-state index in [9.17, 15) is 14.9 Å². The van der Waals surface area contributed by atoms with Gasteiger partial charge in [-0.15, -0.1) is 11.6 Å². The van der Waals surface area contributed by atoms with E-state index in [1.165, 1.54) is 25.3 Å². The minimum atomic E-state index is -0.572. The molecule has 1 aromatic carbocycles. The molecule has 17 heavy (non-hydrogen) atoms. The molecule has 1 rings (SSSR count). The first kappa shape index (κ1) is 13.4. The van der Waals surface area contributed by atoms with Crippen molar-refractivity contribution in [2.45, 2.75) is 12.8 Å². The molecule has 0 saturated heterocycles. The molecule has 0 radical (unpaired) electrons. The fourth-order valence-electron chi connectivity index (χ4n) is 1.38. The highest BCUT2D eigenvalue weighted by atomic mass is 35.5. The van der Waals surface area contributed by atoms with E-state index in [0.717, 1.165) is 0 Å². The predicted molar refractivity (Wildman–Crippen MR) is 63.9 cm³/mol. The third-order valence-corrected chi connectivity index (χ3v) is 2.50. The van der Waals surface area contributed by atoms with E-state index >= 15 is 0 Å². The zero-order valence-electron chi connectivity index (χ0n) is 9.31. The summed E-state index contributed by atoms with van der Waals surface area (Å²) < 4.78 is 4.85. The minimum Gasteiger partial charge on any atom is -0.490 e. The van der Waals surface area contributed by atoms with Crippen LogP contribution in [0.2, 0.25) is 0 Å². The van der Waals surface area contributed by atoms with Crippen LogP contribution in [0.1, 0.15) is 23.2 Å². The van der Waals surface area contributed by atoms with Gasteiger partial charge < -0.3 is 4.74 Å². The van der Waals surface area contributed by atoms with Gasteiger partial charge in [-0.1, -0.05) is 0 Å². The molecule has 0 N–H and O–H groups in total. The van der Waals surface area contributed by atoms with Gasteiger partial charge in [0.15, 0.2) is 11.5 Å². The van der Waals surface area contributed by atoms with Gasteiger partial charge in [-0.25, -0.2) is 0 Å². The number of ketones is 1. The van der Waals surface area contributed by atoms with Crippen LogP contribution in [-0.2, 0) is 0 Å². The summed E-state index contributed by atoms with van der Waals surface area (Å²) in [6, 6.07) is 4.17. The zero-order valence-corrected chi connectivity index (χ0v) is 10.1. The van der Waals surface area contributed by atoms with Crippen LogP contribution in [0.3, 0.4) is 0 Å². The number of halogens is 1. The summed E-state index contributed by atoms with van der Waals surface area (Å²) in [4.78, 5) is 21.8. The molecular formula is C11H12ClNO4. The number of alkyl halides is 1. The monoisotopic (exact) mass is 257 g/mol. The molecule has 0 aromatic heterocycles. The van der Waals surface area contributed by atoms with Gasteiger partial charge in [-0.2, -0.15) is 0 Å². The second-order valence-corrected chi connectivity index (χ2v) is 3.74. The van der Waals surface area contributed by atoms with Crippen LogP contribution in [0.25, 0.3) is 0 Å². The molecular weight excluding hydrogens is 246 g/mol. The van der Waals surface area contributed by atoms with Crippen molar-refractivity contribution in [3.05, 3.63) is 33.9 Å². The molecule has 5 nitrogen and oxygen atoms in total. The molecule has 0 aliphatic rings. The lowest BCUT2D eigenvalue weighted by Crippen LogP contribution is -2.02. The zero-order chi connectivity index (χ0) is 12.8. The number of benzene rings is 1. The number of nitrogens with zero attached hydrogens (tertiary/aromatic N) is 1. The third-order valence-electron chi connectivity index (χ3n) is 2.23. The number of carbonyl (C=O) groups is 1. The Balaban J connectivity index is 2.99. The van der Waals surface area contributed by atoms with Crippen molar-refractivity contribution < 1.29 is 14.5 Å². The Labute approximate surface area is 103 Å². The van der Waals surface area contributed by atoms with E-state index in [2.05, 4.69) is 0 Å². The van der Waals surface area contributed by atoms with Gasteiger partial charge in [0.05, 0.1) is 12.0 Å². The lowest BCUT2D eigenvalue weighted by molar-refractivity contribution is -0.385. The Morgan fingerprint density at radius 3 is 2.76 bits per heavy atom. The fourth-order valence-corrected chi connectivity index (χ4v) is 1.51. The Morgan fingerprint density at radius 2 is 2.24 bits per heavy atom. The van der Waals surface area contributed by atoms with Gasteiger partial charge in [0, 0.05) is 23.9 Å². The van der Waals surface area contributed by atoms with Crippen LogP contribution in [0.4, 0.5) is 5.69 Å². The van der Waals surface area contributed by atoms with E-state index in [0.29, 0.717) is 17.9 Å². The normalized spacial score (nSPS) is 10.0.